The first-order valence-corrected chi connectivity index (χ1v) is 11.4. The van der Waals surface area contributed by atoms with Crippen molar-refractivity contribution < 1.29 is 8.42 Å². The zero-order chi connectivity index (χ0) is 16.3. The normalized spacial score (nSPS) is 14.2. The maximum Gasteiger partial charge on any atom is 0.179 e. The Balaban J connectivity index is 1.62. The number of fused-ring (bicyclic) bond motifs is 1. The summed E-state index contributed by atoms with van der Waals surface area (Å²) in [6, 6.07) is 14.8. The molecule has 0 amide bonds. The van der Waals surface area contributed by atoms with E-state index in [1.54, 1.807) is 36.0 Å². The van der Waals surface area contributed by atoms with E-state index in [4.69, 9.17) is 0 Å². The average Bonchev–Trinajstić information content (AvgIpc) is 2.55. The van der Waals surface area contributed by atoms with E-state index in [2.05, 4.69) is 27.0 Å². The van der Waals surface area contributed by atoms with Crippen LogP contribution in [0.25, 0.3) is 0 Å². The molecule has 1 aliphatic rings. The highest BCUT2D eigenvalue weighted by Gasteiger charge is 2.17. The van der Waals surface area contributed by atoms with Gasteiger partial charge in [0.25, 0.3) is 0 Å². The summed E-state index contributed by atoms with van der Waals surface area (Å²) < 4.78 is 26.4. The second-order valence-electron chi connectivity index (χ2n) is 4.92. The number of aliphatic imine (C=N–C) groups is 1. The minimum Gasteiger partial charge on any atom is -0.235 e. The monoisotopic (exact) mass is 427 g/mol. The SMILES string of the molecule is O=S(=O)(CCSC1=Nc2ccccc2CS1)c1ccc(Br)cc1. The number of benzene rings is 2. The van der Waals surface area contributed by atoms with Crippen LogP contribution >= 0.6 is 39.5 Å². The molecule has 120 valence electrons. The fraction of sp³-hybridized carbons (Fsp3) is 0.188. The van der Waals surface area contributed by atoms with E-state index in [1.807, 2.05) is 18.2 Å². The van der Waals surface area contributed by atoms with Gasteiger partial charge in [-0.05, 0) is 35.9 Å². The van der Waals surface area contributed by atoms with Crippen molar-refractivity contribution in [2.75, 3.05) is 11.5 Å². The molecule has 0 fully saturated rings. The van der Waals surface area contributed by atoms with Crippen molar-refractivity contribution in [3.63, 3.8) is 0 Å². The molecule has 1 heterocycles. The molecular weight excluding hydrogens is 414 g/mol. The van der Waals surface area contributed by atoms with Crippen molar-refractivity contribution in [1.29, 1.82) is 0 Å². The number of halogens is 1. The van der Waals surface area contributed by atoms with Gasteiger partial charge in [0.1, 0.15) is 4.38 Å². The predicted molar refractivity (Wildman–Crippen MR) is 103 cm³/mol. The van der Waals surface area contributed by atoms with Gasteiger partial charge in [-0.1, -0.05) is 57.7 Å². The first-order chi connectivity index (χ1) is 11.0. The summed E-state index contributed by atoms with van der Waals surface area (Å²) >= 11 is 6.49. The molecule has 0 unspecified atom stereocenters. The second kappa shape index (κ2) is 7.42. The number of nitrogens with zero attached hydrogens (tertiary/aromatic N) is 1. The molecule has 3 rings (SSSR count). The lowest BCUT2D eigenvalue weighted by atomic mass is 10.2. The third-order valence-corrected chi connectivity index (χ3v) is 8.07. The Morgan fingerprint density at radius 2 is 1.87 bits per heavy atom. The van der Waals surface area contributed by atoms with E-state index >= 15 is 0 Å². The lowest BCUT2D eigenvalue weighted by Crippen LogP contribution is -2.10. The van der Waals surface area contributed by atoms with Crippen LogP contribution in [0.2, 0.25) is 0 Å². The Hall–Kier alpha value is -0.760. The molecule has 2 aromatic carbocycles. The fourth-order valence-electron chi connectivity index (χ4n) is 2.08. The highest BCUT2D eigenvalue weighted by molar-refractivity contribution is 9.10. The van der Waals surface area contributed by atoms with Gasteiger partial charge in [0, 0.05) is 16.0 Å². The van der Waals surface area contributed by atoms with E-state index < -0.39 is 9.84 Å². The Morgan fingerprint density at radius 1 is 1.13 bits per heavy atom. The van der Waals surface area contributed by atoms with E-state index in [0.29, 0.717) is 10.6 Å². The van der Waals surface area contributed by atoms with Crippen LogP contribution < -0.4 is 0 Å². The maximum atomic E-state index is 12.3. The Kier molecular flexibility index (Phi) is 5.51. The third kappa shape index (κ3) is 4.41. The van der Waals surface area contributed by atoms with E-state index in [0.717, 1.165) is 20.3 Å². The van der Waals surface area contributed by atoms with Gasteiger partial charge in [0.2, 0.25) is 0 Å². The second-order valence-corrected chi connectivity index (χ2v) is 10.2. The van der Waals surface area contributed by atoms with Crippen LogP contribution in [0.3, 0.4) is 0 Å². The van der Waals surface area contributed by atoms with Crippen molar-refractivity contribution in [2.45, 2.75) is 10.6 Å². The molecule has 1 aliphatic heterocycles. The molecule has 0 spiro atoms. The first-order valence-electron chi connectivity index (χ1n) is 6.95. The molecule has 0 aliphatic carbocycles. The molecule has 0 N–H and O–H groups in total. The molecule has 2 aromatic rings. The number of rotatable bonds is 4. The summed E-state index contributed by atoms with van der Waals surface area (Å²) in [7, 11) is -3.24. The van der Waals surface area contributed by atoms with Gasteiger partial charge in [-0.15, -0.1) is 0 Å². The van der Waals surface area contributed by atoms with Crippen molar-refractivity contribution in [1.82, 2.24) is 0 Å². The highest BCUT2D eigenvalue weighted by Crippen LogP contribution is 2.34. The van der Waals surface area contributed by atoms with Crippen molar-refractivity contribution in [3.8, 4) is 0 Å². The van der Waals surface area contributed by atoms with Gasteiger partial charge in [-0.25, -0.2) is 13.4 Å². The Morgan fingerprint density at radius 3 is 2.65 bits per heavy atom. The Labute approximate surface area is 153 Å². The van der Waals surface area contributed by atoms with Gasteiger partial charge < -0.3 is 0 Å². The standard InChI is InChI=1S/C16H14BrNO2S3/c17-13-5-7-14(8-6-13)23(19,20)10-9-21-16-18-15-4-2-1-3-12(15)11-22-16/h1-8H,9-11H2. The van der Waals surface area contributed by atoms with Gasteiger partial charge in [0.05, 0.1) is 16.3 Å². The quantitative estimate of drug-likeness (QED) is 0.696. The van der Waals surface area contributed by atoms with E-state index in [9.17, 15) is 8.42 Å². The van der Waals surface area contributed by atoms with Crippen LogP contribution in [0.4, 0.5) is 5.69 Å². The molecule has 3 nitrogen and oxygen atoms in total. The molecular formula is C16H14BrNO2S3. The minimum atomic E-state index is -3.24. The van der Waals surface area contributed by atoms with E-state index in [-0.39, 0.29) is 5.75 Å². The van der Waals surface area contributed by atoms with Gasteiger partial charge >= 0.3 is 0 Å². The fourth-order valence-corrected chi connectivity index (χ4v) is 6.13. The third-order valence-electron chi connectivity index (χ3n) is 3.30. The number of hydrogen-bond donors (Lipinski definition) is 0. The van der Waals surface area contributed by atoms with Crippen molar-refractivity contribution in [2.24, 2.45) is 4.99 Å². The molecule has 0 bridgehead atoms. The number of para-hydroxylation sites is 1. The van der Waals surface area contributed by atoms with Crippen LogP contribution in [0.15, 0.2) is 62.9 Å². The first kappa shape index (κ1) is 17.1. The summed E-state index contributed by atoms with van der Waals surface area (Å²) in [5.74, 6) is 1.51. The van der Waals surface area contributed by atoms with Crippen LogP contribution in [0.5, 0.6) is 0 Å². The summed E-state index contributed by atoms with van der Waals surface area (Å²) in [6.45, 7) is 0. The number of thioether (sulfide) groups is 2. The van der Waals surface area contributed by atoms with Gasteiger partial charge in [-0.2, -0.15) is 0 Å². The molecule has 7 heteroatoms. The van der Waals surface area contributed by atoms with Crippen molar-refractivity contribution >= 4 is 59.4 Å². The largest absolute Gasteiger partial charge is 0.235 e. The van der Waals surface area contributed by atoms with Crippen LogP contribution in [-0.2, 0) is 15.6 Å². The summed E-state index contributed by atoms with van der Waals surface area (Å²) in [5, 5.41) is 0. The summed E-state index contributed by atoms with van der Waals surface area (Å²) in [5.41, 5.74) is 2.22. The Bertz CT molecular complexity index is 833. The van der Waals surface area contributed by atoms with Crippen LogP contribution in [0.1, 0.15) is 5.56 Å². The van der Waals surface area contributed by atoms with E-state index in [1.165, 1.54) is 17.3 Å². The van der Waals surface area contributed by atoms with Crippen LogP contribution in [0, 0.1) is 0 Å². The molecule has 0 saturated carbocycles. The average molecular weight is 428 g/mol. The zero-order valence-electron chi connectivity index (χ0n) is 12.1. The number of sulfone groups is 1. The predicted octanol–water partition coefficient (Wildman–Crippen LogP) is 4.89. The molecule has 0 aromatic heterocycles. The molecule has 0 atom stereocenters. The van der Waals surface area contributed by atoms with Crippen LogP contribution in [-0.4, -0.2) is 24.3 Å². The maximum absolute atomic E-state index is 12.3. The summed E-state index contributed by atoms with van der Waals surface area (Å²) in [4.78, 5) is 4.96. The topological polar surface area (TPSA) is 46.5 Å². The van der Waals surface area contributed by atoms with Crippen molar-refractivity contribution in [3.05, 3.63) is 58.6 Å². The molecule has 0 radical (unpaired) electrons. The lowest BCUT2D eigenvalue weighted by Gasteiger charge is -2.14. The van der Waals surface area contributed by atoms with Gasteiger partial charge in [-0.3, -0.25) is 0 Å². The lowest BCUT2D eigenvalue weighted by molar-refractivity contribution is 0.597. The minimum absolute atomic E-state index is 0.112. The van der Waals surface area contributed by atoms with Gasteiger partial charge in [0.15, 0.2) is 9.84 Å². The summed E-state index contributed by atoms with van der Waals surface area (Å²) in [6.07, 6.45) is 0. The number of hydrogen-bond acceptors (Lipinski definition) is 5. The molecule has 0 saturated heterocycles. The smallest absolute Gasteiger partial charge is 0.179 e. The highest BCUT2D eigenvalue weighted by atomic mass is 79.9. The zero-order valence-corrected chi connectivity index (χ0v) is 16.1. The molecule has 23 heavy (non-hydrogen) atoms.